The Morgan fingerprint density at radius 1 is 1.15 bits per heavy atom. The first kappa shape index (κ1) is 24.6. The van der Waals surface area contributed by atoms with Gasteiger partial charge in [-0.05, 0) is 44.4 Å². The Hall–Kier alpha value is -2.47. The summed E-state index contributed by atoms with van der Waals surface area (Å²) in [6.45, 7) is 9.57. The van der Waals surface area contributed by atoms with Crippen molar-refractivity contribution in [3.63, 3.8) is 0 Å². The normalized spacial score (nSPS) is 28.0. The second-order valence-electron chi connectivity index (χ2n) is 10.7. The topological polar surface area (TPSA) is 133 Å². The minimum atomic E-state index is -3.79. The zero-order chi connectivity index (χ0) is 25.1. The molecule has 34 heavy (non-hydrogen) atoms. The highest BCUT2D eigenvalue weighted by atomic mass is 32.2. The number of aromatic nitrogens is 1. The molecule has 11 nitrogen and oxygen atoms in total. The summed E-state index contributed by atoms with van der Waals surface area (Å²) in [4.78, 5) is 41.5. The van der Waals surface area contributed by atoms with E-state index in [2.05, 4.69) is 31.2 Å². The van der Waals surface area contributed by atoms with Gasteiger partial charge in [-0.15, -0.1) is 0 Å². The quantitative estimate of drug-likeness (QED) is 0.622. The van der Waals surface area contributed by atoms with Crippen molar-refractivity contribution >= 4 is 27.9 Å². The molecule has 12 heteroatoms. The van der Waals surface area contributed by atoms with E-state index in [1.165, 1.54) is 9.21 Å². The average molecular weight is 496 g/mol. The molecule has 3 heterocycles. The number of urea groups is 1. The van der Waals surface area contributed by atoms with Gasteiger partial charge in [-0.25, -0.2) is 13.2 Å². The van der Waals surface area contributed by atoms with E-state index in [-0.39, 0.29) is 66.5 Å². The van der Waals surface area contributed by atoms with Gasteiger partial charge >= 0.3 is 6.03 Å². The van der Waals surface area contributed by atoms with Gasteiger partial charge in [0.25, 0.3) is 5.91 Å². The Morgan fingerprint density at radius 2 is 1.79 bits per heavy atom. The van der Waals surface area contributed by atoms with Crippen LogP contribution in [0.5, 0.6) is 0 Å². The van der Waals surface area contributed by atoms with Crippen LogP contribution in [-0.2, 0) is 19.6 Å². The van der Waals surface area contributed by atoms with Crippen molar-refractivity contribution in [1.82, 2.24) is 24.6 Å². The third kappa shape index (κ3) is 4.21. The monoisotopic (exact) mass is 495 g/mol. The number of hydrogen-bond acceptors (Lipinski definition) is 7. The van der Waals surface area contributed by atoms with Gasteiger partial charge in [0.2, 0.25) is 15.9 Å². The summed E-state index contributed by atoms with van der Waals surface area (Å²) in [5, 5.41) is 6.60. The van der Waals surface area contributed by atoms with Gasteiger partial charge in [0.15, 0.2) is 5.76 Å². The summed E-state index contributed by atoms with van der Waals surface area (Å²) in [5.41, 5.74) is -0.757. The summed E-state index contributed by atoms with van der Waals surface area (Å²) in [5.74, 6) is -0.219. The van der Waals surface area contributed by atoms with Gasteiger partial charge in [0.1, 0.15) is 22.7 Å². The van der Waals surface area contributed by atoms with Gasteiger partial charge in [-0.2, -0.15) is 4.31 Å². The SMILES string of the molecule is Cc1noc(C)c1S(=O)(=O)N1CCN(C(=O)CN2C(=O)N[C@]3(C[C@@H](C)CC(C)(C)C3)C2=O)CC1. The van der Waals surface area contributed by atoms with Crippen molar-refractivity contribution in [2.75, 3.05) is 32.7 Å². The highest BCUT2D eigenvalue weighted by molar-refractivity contribution is 7.89. The molecule has 1 aromatic rings. The second kappa shape index (κ2) is 8.33. The maximum atomic E-state index is 13.3. The molecule has 3 aliphatic rings. The predicted octanol–water partition coefficient (Wildman–Crippen LogP) is 1.26. The summed E-state index contributed by atoms with van der Waals surface area (Å²) in [6, 6.07) is -0.539. The summed E-state index contributed by atoms with van der Waals surface area (Å²) in [7, 11) is -3.79. The maximum Gasteiger partial charge on any atom is 0.325 e. The minimum absolute atomic E-state index is 0.0570. The van der Waals surface area contributed by atoms with E-state index in [0.717, 1.165) is 11.3 Å². The first-order chi connectivity index (χ1) is 15.8. The maximum absolute atomic E-state index is 13.3. The smallest absolute Gasteiger partial charge is 0.325 e. The molecule has 4 rings (SSSR count). The second-order valence-corrected chi connectivity index (χ2v) is 12.6. The standard InChI is InChI=1S/C22H33N5O6S/c1-14-10-21(4,5)13-22(11-14)19(29)27(20(30)23-22)12-17(28)25-6-8-26(9-7-25)34(31,32)18-15(2)24-33-16(18)3/h14H,6-13H2,1-5H3,(H,23,30)/t14-,22-/m0/s1. The van der Waals surface area contributed by atoms with Crippen LogP contribution in [0, 0.1) is 25.2 Å². The van der Waals surface area contributed by atoms with Gasteiger partial charge < -0.3 is 14.7 Å². The van der Waals surface area contributed by atoms with E-state index in [1.807, 2.05) is 0 Å². The molecule has 4 amide bonds. The van der Waals surface area contributed by atoms with Crippen LogP contribution >= 0.6 is 0 Å². The third-order valence-corrected chi connectivity index (χ3v) is 9.22. The summed E-state index contributed by atoms with van der Waals surface area (Å²) >= 11 is 0. The third-order valence-electron chi connectivity index (χ3n) is 7.07. The van der Waals surface area contributed by atoms with Crippen LogP contribution in [0.3, 0.4) is 0 Å². The fraction of sp³-hybridized carbons (Fsp3) is 0.727. The van der Waals surface area contributed by atoms with Gasteiger partial charge in [0.05, 0.1) is 0 Å². The molecule has 1 N–H and O–H groups in total. The number of carbonyl (C=O) groups is 3. The van der Waals surface area contributed by atoms with Crippen LogP contribution in [0.4, 0.5) is 4.79 Å². The van der Waals surface area contributed by atoms with Crippen molar-refractivity contribution in [3.05, 3.63) is 11.5 Å². The molecule has 0 aromatic carbocycles. The van der Waals surface area contributed by atoms with E-state index in [4.69, 9.17) is 4.52 Å². The van der Waals surface area contributed by atoms with E-state index < -0.39 is 21.6 Å². The van der Waals surface area contributed by atoms with Crippen LogP contribution in [0.1, 0.15) is 51.5 Å². The van der Waals surface area contributed by atoms with Crippen LogP contribution < -0.4 is 5.32 Å². The number of imide groups is 1. The van der Waals surface area contributed by atoms with Crippen molar-refractivity contribution in [3.8, 4) is 0 Å². The van der Waals surface area contributed by atoms with Crippen LogP contribution in [-0.4, -0.2) is 83.8 Å². The zero-order valence-electron chi connectivity index (χ0n) is 20.4. The van der Waals surface area contributed by atoms with Gasteiger partial charge in [0, 0.05) is 26.2 Å². The number of piperazine rings is 1. The molecule has 0 unspecified atom stereocenters. The lowest BCUT2D eigenvalue weighted by Gasteiger charge is -2.43. The number of amides is 4. The number of nitrogens with zero attached hydrogens (tertiary/aromatic N) is 4. The molecular formula is C22H33N5O6S. The minimum Gasteiger partial charge on any atom is -0.360 e. The van der Waals surface area contributed by atoms with E-state index in [9.17, 15) is 22.8 Å². The Balaban J connectivity index is 1.40. The highest BCUT2D eigenvalue weighted by Gasteiger charge is 2.56. The molecule has 1 saturated carbocycles. The molecule has 0 bridgehead atoms. The van der Waals surface area contributed by atoms with Crippen LogP contribution in [0.2, 0.25) is 0 Å². The molecule has 2 atom stereocenters. The van der Waals surface area contributed by atoms with Crippen molar-refractivity contribution < 1.29 is 27.3 Å². The lowest BCUT2D eigenvalue weighted by molar-refractivity contribution is -0.141. The Labute approximate surface area is 199 Å². The Morgan fingerprint density at radius 3 is 2.35 bits per heavy atom. The van der Waals surface area contributed by atoms with Gasteiger partial charge in [-0.3, -0.25) is 14.5 Å². The fourth-order valence-electron chi connectivity index (χ4n) is 6.03. The molecule has 0 radical (unpaired) electrons. The van der Waals surface area contributed by atoms with Crippen molar-refractivity contribution in [2.24, 2.45) is 11.3 Å². The Kier molecular flexibility index (Phi) is 6.04. The molecule has 3 fully saturated rings. The summed E-state index contributed by atoms with van der Waals surface area (Å²) in [6.07, 6.45) is 2.07. The number of carbonyl (C=O) groups excluding carboxylic acids is 3. The highest BCUT2D eigenvalue weighted by Crippen LogP contribution is 2.46. The first-order valence-electron chi connectivity index (χ1n) is 11.6. The lowest BCUT2D eigenvalue weighted by Crippen LogP contribution is -2.55. The molecule has 1 spiro atoms. The van der Waals surface area contributed by atoms with Crippen LogP contribution in [0.25, 0.3) is 0 Å². The Bertz CT molecular complexity index is 1100. The molecule has 2 aliphatic heterocycles. The number of hydrogen-bond donors (Lipinski definition) is 1. The number of nitrogens with one attached hydrogen (secondary N) is 1. The van der Waals surface area contributed by atoms with Gasteiger partial charge in [-0.1, -0.05) is 25.9 Å². The largest absolute Gasteiger partial charge is 0.360 e. The van der Waals surface area contributed by atoms with Crippen molar-refractivity contribution in [1.29, 1.82) is 0 Å². The average Bonchev–Trinajstić information content (AvgIpc) is 3.17. The zero-order valence-corrected chi connectivity index (χ0v) is 21.2. The van der Waals surface area contributed by atoms with E-state index in [0.29, 0.717) is 18.5 Å². The van der Waals surface area contributed by atoms with E-state index >= 15 is 0 Å². The van der Waals surface area contributed by atoms with E-state index in [1.54, 1.807) is 13.8 Å². The lowest BCUT2D eigenvalue weighted by atomic mass is 9.64. The fourth-order valence-corrected chi connectivity index (χ4v) is 7.75. The molecule has 1 aliphatic carbocycles. The predicted molar refractivity (Wildman–Crippen MR) is 121 cm³/mol. The summed E-state index contributed by atoms with van der Waals surface area (Å²) < 4.78 is 32.3. The first-order valence-corrected chi connectivity index (χ1v) is 13.0. The van der Waals surface area contributed by atoms with Crippen molar-refractivity contribution in [2.45, 2.75) is 64.3 Å². The number of rotatable bonds is 4. The molecular weight excluding hydrogens is 462 g/mol. The van der Waals surface area contributed by atoms with Crippen LogP contribution in [0.15, 0.2) is 9.42 Å². The number of aryl methyl sites for hydroxylation is 2. The molecule has 2 saturated heterocycles. The molecule has 188 valence electrons. The molecule has 1 aromatic heterocycles. The number of sulfonamides is 1.